The van der Waals surface area contributed by atoms with Crippen LogP contribution >= 0.6 is 23.2 Å². The van der Waals surface area contributed by atoms with Crippen molar-refractivity contribution in [2.24, 2.45) is 5.10 Å². The molecule has 0 saturated heterocycles. The van der Waals surface area contributed by atoms with Gasteiger partial charge in [-0.15, -0.1) is 0 Å². The summed E-state index contributed by atoms with van der Waals surface area (Å²) < 4.78 is 0. The normalized spacial score (nSPS) is 10.8. The predicted molar refractivity (Wildman–Crippen MR) is 76.7 cm³/mol. The van der Waals surface area contributed by atoms with Gasteiger partial charge < -0.3 is 0 Å². The van der Waals surface area contributed by atoms with Crippen LogP contribution in [0.3, 0.4) is 0 Å². The molecule has 0 aliphatic rings. The number of nitrogens with zero attached hydrogens (tertiary/aromatic N) is 2. The van der Waals surface area contributed by atoms with E-state index in [1.165, 1.54) is 11.8 Å². The molecule has 1 heterocycles. The van der Waals surface area contributed by atoms with Crippen LogP contribution in [0, 0.1) is 6.92 Å². The number of anilines is 1. The molecule has 92 valence electrons. The maximum Gasteiger partial charge on any atom is 0.165 e. The number of benzene rings is 1. The summed E-state index contributed by atoms with van der Waals surface area (Å²) in [7, 11) is 0. The molecule has 1 aromatic heterocycles. The number of nitrogens with one attached hydrogen (secondary N) is 1. The van der Waals surface area contributed by atoms with Gasteiger partial charge in [-0.05, 0) is 18.6 Å². The van der Waals surface area contributed by atoms with E-state index in [2.05, 4.69) is 15.5 Å². The Morgan fingerprint density at radius 2 is 2.11 bits per heavy atom. The Morgan fingerprint density at radius 1 is 1.28 bits per heavy atom. The van der Waals surface area contributed by atoms with Gasteiger partial charge in [0.15, 0.2) is 5.82 Å². The number of pyridine rings is 1. The molecule has 2 aromatic rings. The fourth-order valence-electron chi connectivity index (χ4n) is 1.42. The summed E-state index contributed by atoms with van der Waals surface area (Å²) >= 11 is 11.7. The molecule has 0 aliphatic carbocycles. The number of rotatable bonds is 3. The Kier molecular flexibility index (Phi) is 4.18. The topological polar surface area (TPSA) is 37.3 Å². The van der Waals surface area contributed by atoms with Crippen molar-refractivity contribution < 1.29 is 0 Å². The van der Waals surface area contributed by atoms with Crippen LogP contribution in [0.1, 0.15) is 11.1 Å². The summed E-state index contributed by atoms with van der Waals surface area (Å²) in [6, 6.07) is 9.62. The van der Waals surface area contributed by atoms with E-state index in [0.29, 0.717) is 15.9 Å². The lowest BCUT2D eigenvalue weighted by molar-refractivity contribution is 1.23. The molecule has 2 rings (SSSR count). The number of hydrazone groups is 1. The van der Waals surface area contributed by atoms with Crippen LogP contribution < -0.4 is 5.43 Å². The molecule has 1 N–H and O–H groups in total. The molecule has 1 aromatic carbocycles. The lowest BCUT2D eigenvalue weighted by Gasteiger charge is -2.02. The third-order valence-corrected chi connectivity index (χ3v) is 2.73. The maximum absolute atomic E-state index is 5.95. The zero-order chi connectivity index (χ0) is 13.0. The molecule has 5 heteroatoms. The van der Waals surface area contributed by atoms with Crippen molar-refractivity contribution >= 4 is 35.2 Å². The van der Waals surface area contributed by atoms with Crippen LogP contribution in [0.5, 0.6) is 0 Å². The van der Waals surface area contributed by atoms with Gasteiger partial charge in [-0.25, -0.2) is 4.98 Å². The molecule has 0 aliphatic heterocycles. The average molecular weight is 280 g/mol. The molecular weight excluding hydrogens is 269 g/mol. The number of hydrogen-bond acceptors (Lipinski definition) is 3. The number of aromatic nitrogens is 1. The smallest absolute Gasteiger partial charge is 0.165 e. The first-order valence-electron chi connectivity index (χ1n) is 5.32. The first-order valence-corrected chi connectivity index (χ1v) is 6.07. The van der Waals surface area contributed by atoms with Gasteiger partial charge in [0.2, 0.25) is 0 Å². The summed E-state index contributed by atoms with van der Waals surface area (Å²) in [6.07, 6.45) is 3.22. The Balaban J connectivity index is 2.07. The second-order valence-electron chi connectivity index (χ2n) is 3.77. The van der Waals surface area contributed by atoms with E-state index in [4.69, 9.17) is 23.2 Å². The minimum Gasteiger partial charge on any atom is -0.260 e. The van der Waals surface area contributed by atoms with Crippen molar-refractivity contribution in [3.8, 4) is 0 Å². The number of hydrogen-bond donors (Lipinski definition) is 1. The Hall–Kier alpha value is -1.58. The van der Waals surface area contributed by atoms with Gasteiger partial charge in [-0.3, -0.25) is 5.43 Å². The molecule has 0 radical (unpaired) electrons. The molecule has 0 fully saturated rings. The summed E-state index contributed by atoms with van der Waals surface area (Å²) in [5.41, 5.74) is 4.96. The summed E-state index contributed by atoms with van der Waals surface area (Å²) in [6.45, 7) is 2.03. The Labute approximate surface area is 115 Å². The highest BCUT2D eigenvalue weighted by atomic mass is 35.5. The molecular formula is C13H11Cl2N3. The molecule has 0 saturated carbocycles. The molecule has 18 heavy (non-hydrogen) atoms. The van der Waals surface area contributed by atoms with Crippen molar-refractivity contribution in [2.45, 2.75) is 6.92 Å². The Bertz CT molecular complexity index is 582. The van der Waals surface area contributed by atoms with E-state index in [1.54, 1.807) is 12.3 Å². The fraction of sp³-hybridized carbons (Fsp3) is 0.0769. The molecule has 0 unspecified atom stereocenters. The third kappa shape index (κ3) is 3.45. The maximum atomic E-state index is 5.95. The zero-order valence-electron chi connectivity index (χ0n) is 9.69. The van der Waals surface area contributed by atoms with Crippen LogP contribution in [0.4, 0.5) is 5.82 Å². The standard InChI is InChI=1S/C13H11Cl2N3/c1-9-3-2-4-10(5-9)7-17-18-13-12(15)6-11(14)8-16-13/h2-8H,1H3,(H,16,18)/b17-7+. The summed E-state index contributed by atoms with van der Waals surface area (Å²) in [4.78, 5) is 4.04. The molecule has 0 atom stereocenters. The van der Waals surface area contributed by atoms with Gasteiger partial charge in [0.05, 0.1) is 16.3 Å². The monoisotopic (exact) mass is 279 g/mol. The molecule has 0 bridgehead atoms. The van der Waals surface area contributed by atoms with E-state index in [1.807, 2.05) is 31.2 Å². The van der Waals surface area contributed by atoms with Gasteiger partial charge in [0.25, 0.3) is 0 Å². The highest BCUT2D eigenvalue weighted by Crippen LogP contribution is 2.22. The van der Waals surface area contributed by atoms with E-state index in [9.17, 15) is 0 Å². The second-order valence-corrected chi connectivity index (χ2v) is 4.61. The van der Waals surface area contributed by atoms with Crippen LogP contribution in [0.2, 0.25) is 10.0 Å². The SMILES string of the molecule is Cc1cccc(/C=N/Nc2ncc(Cl)cc2Cl)c1. The highest BCUT2D eigenvalue weighted by Gasteiger charge is 2.00. The highest BCUT2D eigenvalue weighted by molar-refractivity contribution is 6.35. The van der Waals surface area contributed by atoms with Crippen molar-refractivity contribution in [3.05, 3.63) is 57.7 Å². The van der Waals surface area contributed by atoms with Crippen LogP contribution in [0.15, 0.2) is 41.6 Å². The van der Waals surface area contributed by atoms with Crippen molar-refractivity contribution in [1.29, 1.82) is 0 Å². The first-order chi connectivity index (χ1) is 8.65. The van der Waals surface area contributed by atoms with Crippen LogP contribution in [-0.4, -0.2) is 11.2 Å². The van der Waals surface area contributed by atoms with Crippen molar-refractivity contribution in [1.82, 2.24) is 4.98 Å². The summed E-state index contributed by atoms with van der Waals surface area (Å²) in [5, 5.41) is 5.01. The molecule has 3 nitrogen and oxygen atoms in total. The third-order valence-electron chi connectivity index (χ3n) is 2.23. The first kappa shape index (κ1) is 12.9. The Morgan fingerprint density at radius 3 is 2.83 bits per heavy atom. The van der Waals surface area contributed by atoms with Crippen molar-refractivity contribution in [3.63, 3.8) is 0 Å². The van der Waals surface area contributed by atoms with E-state index in [-0.39, 0.29) is 0 Å². The number of aryl methyl sites for hydroxylation is 1. The molecule has 0 amide bonds. The largest absolute Gasteiger partial charge is 0.260 e. The average Bonchev–Trinajstić information content (AvgIpc) is 2.32. The van der Waals surface area contributed by atoms with E-state index < -0.39 is 0 Å². The predicted octanol–water partition coefficient (Wildman–Crippen LogP) is 4.14. The van der Waals surface area contributed by atoms with Gasteiger partial charge in [-0.2, -0.15) is 5.10 Å². The van der Waals surface area contributed by atoms with Crippen LogP contribution in [-0.2, 0) is 0 Å². The van der Waals surface area contributed by atoms with E-state index in [0.717, 1.165) is 5.56 Å². The molecule has 0 spiro atoms. The van der Waals surface area contributed by atoms with E-state index >= 15 is 0 Å². The van der Waals surface area contributed by atoms with Gasteiger partial charge >= 0.3 is 0 Å². The van der Waals surface area contributed by atoms with Gasteiger partial charge in [0.1, 0.15) is 0 Å². The quantitative estimate of drug-likeness (QED) is 0.677. The van der Waals surface area contributed by atoms with Crippen molar-refractivity contribution in [2.75, 3.05) is 5.43 Å². The number of halogens is 2. The second kappa shape index (κ2) is 5.85. The minimum absolute atomic E-state index is 0.434. The van der Waals surface area contributed by atoms with Crippen LogP contribution in [0.25, 0.3) is 0 Å². The lowest BCUT2D eigenvalue weighted by atomic mass is 10.2. The zero-order valence-corrected chi connectivity index (χ0v) is 11.2. The fourth-order valence-corrected chi connectivity index (χ4v) is 1.84. The summed E-state index contributed by atoms with van der Waals surface area (Å²) in [5.74, 6) is 0.477. The van der Waals surface area contributed by atoms with Gasteiger partial charge in [0, 0.05) is 6.20 Å². The van der Waals surface area contributed by atoms with Gasteiger partial charge in [-0.1, -0.05) is 53.0 Å². The minimum atomic E-state index is 0.434. The lowest BCUT2D eigenvalue weighted by Crippen LogP contribution is -1.94.